The van der Waals surface area contributed by atoms with Crippen molar-refractivity contribution in [2.75, 3.05) is 11.9 Å². The van der Waals surface area contributed by atoms with Crippen LogP contribution in [0.15, 0.2) is 10.9 Å². The van der Waals surface area contributed by atoms with Crippen molar-refractivity contribution in [1.82, 2.24) is 9.55 Å². The van der Waals surface area contributed by atoms with Gasteiger partial charge in [0.2, 0.25) is 0 Å². The highest BCUT2D eigenvalue weighted by molar-refractivity contribution is 5.37. The van der Waals surface area contributed by atoms with E-state index in [4.69, 9.17) is 0 Å². The first kappa shape index (κ1) is 7.34. The Labute approximate surface area is 70.2 Å². The molecular weight excluding hydrogens is 154 g/mol. The van der Waals surface area contributed by atoms with Gasteiger partial charge in [0.15, 0.2) is 0 Å². The van der Waals surface area contributed by atoms with Crippen molar-refractivity contribution in [1.29, 1.82) is 0 Å². The Morgan fingerprint density at radius 1 is 1.67 bits per heavy atom. The average Bonchev–Trinajstić information content (AvgIpc) is 2.04. The predicted octanol–water partition coefficient (Wildman–Crippen LogP) is 0.367. The smallest absolute Gasteiger partial charge is 0.349 e. The molecule has 0 amide bonds. The fraction of sp³-hybridized carbons (Fsp3) is 0.500. The van der Waals surface area contributed by atoms with Gasteiger partial charge in [-0.05, 0) is 13.3 Å². The van der Waals surface area contributed by atoms with Gasteiger partial charge in [-0.2, -0.15) is 4.98 Å². The van der Waals surface area contributed by atoms with E-state index >= 15 is 0 Å². The van der Waals surface area contributed by atoms with Crippen LogP contribution in [0.5, 0.6) is 0 Å². The summed E-state index contributed by atoms with van der Waals surface area (Å²) in [5, 5.41) is 3.17. The number of nitrogens with one attached hydrogen (secondary N) is 1. The van der Waals surface area contributed by atoms with Gasteiger partial charge in [-0.15, -0.1) is 0 Å². The maximum absolute atomic E-state index is 11.3. The van der Waals surface area contributed by atoms with Crippen LogP contribution in [0.3, 0.4) is 0 Å². The first-order chi connectivity index (χ1) is 5.77. The number of aromatic nitrogens is 2. The molecule has 1 aromatic rings. The van der Waals surface area contributed by atoms with Crippen LogP contribution in [0.25, 0.3) is 0 Å². The molecule has 0 saturated carbocycles. The van der Waals surface area contributed by atoms with Gasteiger partial charge in [0.25, 0.3) is 0 Å². The molecule has 4 heteroatoms. The van der Waals surface area contributed by atoms with Gasteiger partial charge in [-0.1, -0.05) is 0 Å². The molecule has 2 heterocycles. The van der Waals surface area contributed by atoms with E-state index in [1.165, 1.54) is 0 Å². The lowest BCUT2D eigenvalue weighted by Gasteiger charge is -2.19. The molecule has 1 aliphatic rings. The molecule has 0 aromatic carbocycles. The van der Waals surface area contributed by atoms with Crippen molar-refractivity contribution in [2.45, 2.75) is 19.9 Å². The van der Waals surface area contributed by atoms with E-state index in [0.29, 0.717) is 0 Å². The monoisotopic (exact) mass is 165 g/mol. The Bertz CT molecular complexity index is 356. The molecule has 12 heavy (non-hydrogen) atoms. The third-order valence-electron chi connectivity index (χ3n) is 2.00. The van der Waals surface area contributed by atoms with E-state index in [0.717, 1.165) is 31.0 Å². The highest BCUT2D eigenvalue weighted by atomic mass is 16.1. The minimum atomic E-state index is -0.141. The molecule has 0 radical (unpaired) electrons. The van der Waals surface area contributed by atoms with Crippen LogP contribution < -0.4 is 11.0 Å². The van der Waals surface area contributed by atoms with Gasteiger partial charge >= 0.3 is 5.69 Å². The van der Waals surface area contributed by atoms with Crippen LogP contribution in [-0.2, 0) is 6.54 Å². The summed E-state index contributed by atoms with van der Waals surface area (Å²) < 4.78 is 1.68. The van der Waals surface area contributed by atoms with Crippen LogP contribution in [0.2, 0.25) is 0 Å². The van der Waals surface area contributed by atoms with E-state index in [2.05, 4.69) is 10.3 Å². The number of fused-ring (bicyclic) bond motifs is 1. The summed E-state index contributed by atoms with van der Waals surface area (Å²) in [6, 6.07) is 1.90. The van der Waals surface area contributed by atoms with E-state index in [-0.39, 0.29) is 5.69 Å². The Hall–Kier alpha value is -1.32. The second-order valence-electron chi connectivity index (χ2n) is 3.00. The third-order valence-corrected chi connectivity index (χ3v) is 2.00. The highest BCUT2D eigenvalue weighted by Gasteiger charge is 2.09. The highest BCUT2D eigenvalue weighted by Crippen LogP contribution is 2.10. The number of rotatable bonds is 0. The molecule has 2 rings (SSSR count). The van der Waals surface area contributed by atoms with Crippen molar-refractivity contribution in [3.63, 3.8) is 0 Å². The zero-order valence-corrected chi connectivity index (χ0v) is 7.00. The number of nitrogens with zero attached hydrogens (tertiary/aromatic N) is 2. The van der Waals surface area contributed by atoms with Gasteiger partial charge in [-0.25, -0.2) is 4.79 Å². The fourth-order valence-electron chi connectivity index (χ4n) is 1.44. The van der Waals surface area contributed by atoms with Gasteiger partial charge in [0.1, 0.15) is 5.82 Å². The lowest BCUT2D eigenvalue weighted by atomic mass is 10.3. The number of anilines is 1. The molecule has 1 aromatic heterocycles. The van der Waals surface area contributed by atoms with Crippen molar-refractivity contribution < 1.29 is 0 Å². The second kappa shape index (κ2) is 2.62. The lowest BCUT2D eigenvalue weighted by Crippen LogP contribution is -2.30. The van der Waals surface area contributed by atoms with Crippen molar-refractivity contribution in [3.05, 3.63) is 22.2 Å². The van der Waals surface area contributed by atoms with Crippen LogP contribution >= 0.6 is 0 Å². The molecule has 0 saturated heterocycles. The van der Waals surface area contributed by atoms with Crippen LogP contribution in [0.1, 0.15) is 12.1 Å². The standard InChI is InChI=1S/C8H11N3O/c1-6-5-7-9-3-2-4-11(7)8(12)10-6/h5,9H,2-4H2,1H3. The average molecular weight is 165 g/mol. The van der Waals surface area contributed by atoms with E-state index in [1.807, 2.05) is 13.0 Å². The van der Waals surface area contributed by atoms with Crippen molar-refractivity contribution in [3.8, 4) is 0 Å². The third kappa shape index (κ3) is 1.09. The van der Waals surface area contributed by atoms with Gasteiger partial charge in [0, 0.05) is 24.8 Å². The molecule has 0 spiro atoms. The Morgan fingerprint density at radius 2 is 2.50 bits per heavy atom. The van der Waals surface area contributed by atoms with Gasteiger partial charge in [0.05, 0.1) is 0 Å². The van der Waals surface area contributed by atoms with Crippen molar-refractivity contribution in [2.24, 2.45) is 0 Å². The summed E-state index contributed by atoms with van der Waals surface area (Å²) in [5.74, 6) is 0.902. The molecule has 4 nitrogen and oxygen atoms in total. The zero-order chi connectivity index (χ0) is 8.55. The summed E-state index contributed by atoms with van der Waals surface area (Å²) in [4.78, 5) is 15.2. The Balaban J connectivity index is 2.60. The summed E-state index contributed by atoms with van der Waals surface area (Å²) in [5.41, 5.74) is 0.637. The van der Waals surface area contributed by atoms with Crippen molar-refractivity contribution >= 4 is 5.82 Å². The minimum absolute atomic E-state index is 0.141. The number of hydrogen-bond acceptors (Lipinski definition) is 3. The zero-order valence-electron chi connectivity index (χ0n) is 7.00. The number of aryl methyl sites for hydroxylation is 1. The van der Waals surface area contributed by atoms with Crippen LogP contribution in [0.4, 0.5) is 5.82 Å². The normalized spacial score (nSPS) is 15.1. The number of hydrogen-bond donors (Lipinski definition) is 1. The largest absolute Gasteiger partial charge is 0.371 e. The maximum atomic E-state index is 11.3. The first-order valence-electron chi connectivity index (χ1n) is 4.10. The summed E-state index contributed by atoms with van der Waals surface area (Å²) >= 11 is 0. The first-order valence-corrected chi connectivity index (χ1v) is 4.10. The van der Waals surface area contributed by atoms with E-state index < -0.39 is 0 Å². The van der Waals surface area contributed by atoms with Gasteiger partial charge < -0.3 is 5.32 Å². The molecule has 1 N–H and O–H groups in total. The molecule has 0 bridgehead atoms. The van der Waals surface area contributed by atoms with Crippen LogP contribution in [0, 0.1) is 6.92 Å². The Kier molecular flexibility index (Phi) is 1.60. The second-order valence-corrected chi connectivity index (χ2v) is 3.00. The topological polar surface area (TPSA) is 46.9 Å². The summed E-state index contributed by atoms with van der Waals surface area (Å²) in [7, 11) is 0. The molecule has 0 aliphatic carbocycles. The molecule has 0 unspecified atom stereocenters. The molecule has 0 atom stereocenters. The van der Waals surface area contributed by atoms with E-state index in [1.54, 1.807) is 4.57 Å². The Morgan fingerprint density at radius 3 is 3.33 bits per heavy atom. The summed E-state index contributed by atoms with van der Waals surface area (Å²) in [6.07, 6.45) is 0.998. The SMILES string of the molecule is Cc1cc2n(c(=O)n1)CCCN2. The lowest BCUT2D eigenvalue weighted by molar-refractivity contribution is 0.592. The molecule has 0 fully saturated rings. The molecular formula is C8H11N3O. The minimum Gasteiger partial charge on any atom is -0.371 e. The van der Waals surface area contributed by atoms with E-state index in [9.17, 15) is 4.79 Å². The summed E-state index contributed by atoms with van der Waals surface area (Å²) in [6.45, 7) is 3.57. The maximum Gasteiger partial charge on any atom is 0.349 e. The molecule has 64 valence electrons. The molecule has 1 aliphatic heterocycles. The van der Waals surface area contributed by atoms with Gasteiger partial charge in [-0.3, -0.25) is 4.57 Å². The quantitative estimate of drug-likeness (QED) is 0.604. The fourth-order valence-corrected chi connectivity index (χ4v) is 1.44. The van der Waals surface area contributed by atoms with Crippen LogP contribution in [-0.4, -0.2) is 16.1 Å². The predicted molar refractivity (Wildman–Crippen MR) is 46.3 cm³/mol.